The molecule has 0 saturated carbocycles. The highest BCUT2D eigenvalue weighted by Gasteiger charge is 2.36. The topological polar surface area (TPSA) is 117 Å². The Balaban J connectivity index is 2.52. The van der Waals surface area contributed by atoms with Crippen LogP contribution in [-0.4, -0.2) is 36.8 Å². The van der Waals surface area contributed by atoms with E-state index in [0.29, 0.717) is 23.4 Å². The van der Waals surface area contributed by atoms with E-state index in [9.17, 15) is 14.4 Å². The van der Waals surface area contributed by atoms with Crippen molar-refractivity contribution in [2.45, 2.75) is 46.1 Å². The molecule has 156 valence electrons. The summed E-state index contributed by atoms with van der Waals surface area (Å²) in [6.07, 6.45) is 1.02. The second-order valence-corrected chi connectivity index (χ2v) is 7.16. The highest BCUT2D eigenvalue weighted by atomic mass is 35.5. The Morgan fingerprint density at radius 2 is 1.57 bits per heavy atom. The van der Waals surface area contributed by atoms with Crippen molar-refractivity contribution in [1.82, 2.24) is 5.48 Å². The first kappa shape index (κ1) is 23.9. The van der Waals surface area contributed by atoms with Crippen LogP contribution in [0, 0.1) is 5.41 Å². The van der Waals surface area contributed by atoms with Gasteiger partial charge in [-0.1, -0.05) is 25.4 Å². The van der Waals surface area contributed by atoms with Crippen LogP contribution in [0.4, 0.5) is 0 Å². The molecule has 1 aromatic carbocycles. The number of amides is 1. The average molecular weight is 415 g/mol. The van der Waals surface area contributed by atoms with Crippen molar-refractivity contribution in [3.63, 3.8) is 0 Å². The summed E-state index contributed by atoms with van der Waals surface area (Å²) in [5.74, 6) is -1.90. The van der Waals surface area contributed by atoms with Crippen LogP contribution in [0.2, 0.25) is 5.02 Å². The molecule has 9 heteroatoms. The van der Waals surface area contributed by atoms with E-state index < -0.39 is 35.7 Å². The standard InChI is InChI=1S/C19H27ClN2O6/c1-5-19(6-2,11-21)17(25)27-12-26-16(24)18(3,4)28-22-15(23)13-7-9-14(20)10-8-13/h7-10H,5-6,11-12,21H2,1-4H3,(H,22,23). The molecule has 3 N–H and O–H groups in total. The van der Waals surface area contributed by atoms with Gasteiger partial charge in [-0.3, -0.25) is 14.4 Å². The van der Waals surface area contributed by atoms with E-state index in [4.69, 9.17) is 31.6 Å². The maximum atomic E-state index is 12.2. The average Bonchev–Trinajstić information content (AvgIpc) is 2.68. The molecule has 0 unspecified atom stereocenters. The van der Waals surface area contributed by atoms with Gasteiger partial charge in [-0.2, -0.15) is 0 Å². The maximum absolute atomic E-state index is 12.2. The van der Waals surface area contributed by atoms with E-state index >= 15 is 0 Å². The summed E-state index contributed by atoms with van der Waals surface area (Å²) in [5, 5.41) is 0.487. The van der Waals surface area contributed by atoms with E-state index in [1.165, 1.54) is 26.0 Å². The van der Waals surface area contributed by atoms with Crippen molar-refractivity contribution >= 4 is 29.4 Å². The molecular formula is C19H27ClN2O6. The number of nitrogens with one attached hydrogen (secondary N) is 1. The van der Waals surface area contributed by atoms with Gasteiger partial charge in [-0.15, -0.1) is 0 Å². The lowest BCUT2D eigenvalue weighted by Gasteiger charge is -2.27. The summed E-state index contributed by atoms with van der Waals surface area (Å²) < 4.78 is 9.98. The van der Waals surface area contributed by atoms with Crippen molar-refractivity contribution in [3.8, 4) is 0 Å². The molecule has 0 radical (unpaired) electrons. The molecule has 0 bridgehead atoms. The Hall–Kier alpha value is -2.16. The van der Waals surface area contributed by atoms with Gasteiger partial charge in [0, 0.05) is 17.1 Å². The molecular weight excluding hydrogens is 388 g/mol. The third-order valence-electron chi connectivity index (χ3n) is 4.55. The zero-order chi connectivity index (χ0) is 21.4. The zero-order valence-corrected chi connectivity index (χ0v) is 17.3. The summed E-state index contributed by atoms with van der Waals surface area (Å²) in [4.78, 5) is 41.5. The molecule has 0 heterocycles. The van der Waals surface area contributed by atoms with Crippen molar-refractivity contribution in [3.05, 3.63) is 34.9 Å². The van der Waals surface area contributed by atoms with Crippen LogP contribution in [0.3, 0.4) is 0 Å². The number of rotatable bonds is 10. The number of benzene rings is 1. The smallest absolute Gasteiger partial charge is 0.343 e. The number of hydrogen-bond acceptors (Lipinski definition) is 7. The quantitative estimate of drug-likeness (QED) is 0.343. The molecule has 0 saturated heterocycles. The van der Waals surface area contributed by atoms with Crippen molar-refractivity contribution in [2.75, 3.05) is 13.3 Å². The molecule has 1 aromatic rings. The van der Waals surface area contributed by atoms with Crippen LogP contribution >= 0.6 is 11.6 Å². The molecule has 0 fully saturated rings. The molecule has 8 nitrogen and oxygen atoms in total. The van der Waals surface area contributed by atoms with Gasteiger partial charge in [0.15, 0.2) is 5.60 Å². The minimum absolute atomic E-state index is 0.137. The first-order chi connectivity index (χ1) is 13.1. The number of nitrogens with two attached hydrogens (primary N) is 1. The third-order valence-corrected chi connectivity index (χ3v) is 4.81. The van der Waals surface area contributed by atoms with Crippen molar-refractivity contribution in [2.24, 2.45) is 11.1 Å². The van der Waals surface area contributed by atoms with E-state index in [1.807, 2.05) is 13.8 Å². The molecule has 1 amide bonds. The fraction of sp³-hybridized carbons (Fsp3) is 0.526. The number of hydroxylamine groups is 1. The molecule has 0 aliphatic carbocycles. The number of esters is 2. The SMILES string of the molecule is CCC(CC)(CN)C(=O)OCOC(=O)C(C)(C)ONC(=O)c1ccc(Cl)cc1. The molecule has 0 aliphatic rings. The van der Waals surface area contributed by atoms with Crippen LogP contribution in [0.25, 0.3) is 0 Å². The fourth-order valence-corrected chi connectivity index (χ4v) is 2.38. The van der Waals surface area contributed by atoms with Crippen LogP contribution in [0.5, 0.6) is 0 Å². The van der Waals surface area contributed by atoms with Gasteiger partial charge >= 0.3 is 11.9 Å². The summed E-state index contributed by atoms with van der Waals surface area (Å²) in [7, 11) is 0. The maximum Gasteiger partial charge on any atom is 0.343 e. The number of ether oxygens (including phenoxy) is 2. The number of hydrogen-bond donors (Lipinski definition) is 2. The highest BCUT2D eigenvalue weighted by Crippen LogP contribution is 2.26. The minimum Gasteiger partial charge on any atom is -0.427 e. The Morgan fingerprint density at radius 1 is 1.04 bits per heavy atom. The van der Waals surface area contributed by atoms with Gasteiger partial charge in [0.1, 0.15) is 0 Å². The molecule has 0 aromatic heterocycles. The second kappa shape index (κ2) is 10.4. The monoisotopic (exact) mass is 414 g/mol. The van der Waals surface area contributed by atoms with Gasteiger partial charge in [-0.05, 0) is 51.0 Å². The third kappa shape index (κ3) is 6.19. The minimum atomic E-state index is -1.50. The van der Waals surface area contributed by atoms with Gasteiger partial charge < -0.3 is 15.2 Å². The molecule has 0 spiro atoms. The second-order valence-electron chi connectivity index (χ2n) is 6.72. The van der Waals surface area contributed by atoms with E-state index in [2.05, 4.69) is 5.48 Å². The number of halogens is 1. The van der Waals surface area contributed by atoms with Crippen molar-refractivity contribution < 1.29 is 28.7 Å². The number of carbonyl (C=O) groups is 3. The van der Waals surface area contributed by atoms with Gasteiger partial charge in [-0.25, -0.2) is 10.3 Å². The normalized spacial score (nSPS) is 11.6. The summed E-state index contributed by atoms with van der Waals surface area (Å²) in [5.41, 5.74) is 5.86. The Morgan fingerprint density at radius 3 is 2.07 bits per heavy atom. The van der Waals surface area contributed by atoms with Gasteiger partial charge in [0.25, 0.3) is 5.91 Å². The lowest BCUT2D eigenvalue weighted by atomic mass is 9.82. The van der Waals surface area contributed by atoms with Crippen molar-refractivity contribution in [1.29, 1.82) is 0 Å². The summed E-state index contributed by atoms with van der Waals surface area (Å²) >= 11 is 5.77. The fourth-order valence-electron chi connectivity index (χ4n) is 2.25. The predicted molar refractivity (Wildman–Crippen MR) is 103 cm³/mol. The Kier molecular flexibility index (Phi) is 8.87. The molecule has 28 heavy (non-hydrogen) atoms. The summed E-state index contributed by atoms with van der Waals surface area (Å²) in [6.45, 7) is 6.05. The van der Waals surface area contributed by atoms with Gasteiger partial charge in [0.05, 0.1) is 5.41 Å². The highest BCUT2D eigenvalue weighted by molar-refractivity contribution is 6.30. The Labute approximate surface area is 169 Å². The lowest BCUT2D eigenvalue weighted by Crippen LogP contribution is -2.44. The van der Waals surface area contributed by atoms with Gasteiger partial charge in [0.2, 0.25) is 6.79 Å². The van der Waals surface area contributed by atoms with Crippen LogP contribution in [0.1, 0.15) is 50.9 Å². The van der Waals surface area contributed by atoms with Crippen LogP contribution in [-0.2, 0) is 23.9 Å². The lowest BCUT2D eigenvalue weighted by molar-refractivity contribution is -0.191. The first-order valence-electron chi connectivity index (χ1n) is 8.90. The molecule has 0 aliphatic heterocycles. The molecule has 1 rings (SSSR count). The zero-order valence-electron chi connectivity index (χ0n) is 16.5. The summed E-state index contributed by atoms with van der Waals surface area (Å²) in [6, 6.07) is 6.13. The van der Waals surface area contributed by atoms with Crippen LogP contribution < -0.4 is 11.2 Å². The number of carbonyl (C=O) groups excluding carboxylic acids is 3. The van der Waals surface area contributed by atoms with E-state index in [0.717, 1.165) is 0 Å². The van der Waals surface area contributed by atoms with Crippen LogP contribution in [0.15, 0.2) is 24.3 Å². The first-order valence-corrected chi connectivity index (χ1v) is 9.28. The van der Waals surface area contributed by atoms with E-state index in [1.54, 1.807) is 12.1 Å². The Bertz CT molecular complexity index is 678. The predicted octanol–water partition coefficient (Wildman–Crippen LogP) is 2.59. The molecule has 0 atom stereocenters. The van der Waals surface area contributed by atoms with E-state index in [-0.39, 0.29) is 6.54 Å². The largest absolute Gasteiger partial charge is 0.427 e.